The molecule has 1 amide bonds. The fourth-order valence-corrected chi connectivity index (χ4v) is 3.07. The van der Waals surface area contributed by atoms with Crippen molar-refractivity contribution >= 4 is 11.6 Å². The van der Waals surface area contributed by atoms with Gasteiger partial charge in [0.2, 0.25) is 0 Å². The number of amides is 1. The van der Waals surface area contributed by atoms with Gasteiger partial charge in [0, 0.05) is 11.3 Å². The Bertz CT molecular complexity index is 912. The Hall–Kier alpha value is -3.07. The topological polar surface area (TPSA) is 38.3 Å². The molecule has 3 aromatic rings. The van der Waals surface area contributed by atoms with E-state index >= 15 is 0 Å². The smallest absolute Gasteiger partial charge is 0.255 e. The molecule has 150 valence electrons. The summed E-state index contributed by atoms with van der Waals surface area (Å²) in [4.78, 5) is 12.5. The van der Waals surface area contributed by atoms with Crippen LogP contribution in [0.1, 0.15) is 60.2 Å². The van der Waals surface area contributed by atoms with Gasteiger partial charge in [-0.2, -0.15) is 0 Å². The highest BCUT2D eigenvalue weighted by Crippen LogP contribution is 2.21. The minimum atomic E-state index is -0.107. The number of ether oxygens (including phenoxy) is 1. The van der Waals surface area contributed by atoms with Gasteiger partial charge >= 0.3 is 0 Å². The van der Waals surface area contributed by atoms with Crippen LogP contribution in [0.25, 0.3) is 0 Å². The fraction of sp³-hybridized carbons (Fsp3) is 0.269. The molecule has 0 radical (unpaired) electrons. The van der Waals surface area contributed by atoms with Crippen LogP contribution < -0.4 is 10.1 Å². The van der Waals surface area contributed by atoms with E-state index in [1.54, 1.807) is 0 Å². The van der Waals surface area contributed by atoms with Crippen LogP contribution in [-0.2, 0) is 13.0 Å². The molecular formula is C26H29NO2. The van der Waals surface area contributed by atoms with Crippen molar-refractivity contribution in [3.8, 4) is 5.75 Å². The number of hydrogen-bond acceptors (Lipinski definition) is 2. The lowest BCUT2D eigenvalue weighted by Crippen LogP contribution is -2.12. The summed E-state index contributed by atoms with van der Waals surface area (Å²) < 4.78 is 5.83. The minimum absolute atomic E-state index is 0.107. The molecule has 0 heterocycles. The second kappa shape index (κ2) is 9.92. The van der Waals surface area contributed by atoms with Crippen molar-refractivity contribution in [3.05, 3.63) is 95.1 Å². The number of anilines is 1. The van der Waals surface area contributed by atoms with Crippen molar-refractivity contribution in [2.45, 2.75) is 46.1 Å². The second-order valence-corrected chi connectivity index (χ2v) is 7.37. The molecule has 0 aliphatic heterocycles. The molecule has 1 atom stereocenters. The van der Waals surface area contributed by atoms with E-state index in [4.69, 9.17) is 4.74 Å². The molecule has 0 aromatic heterocycles. The summed E-state index contributed by atoms with van der Waals surface area (Å²) in [5.74, 6) is 1.27. The van der Waals surface area contributed by atoms with Crippen molar-refractivity contribution in [3.63, 3.8) is 0 Å². The first-order valence-electron chi connectivity index (χ1n) is 10.3. The fourth-order valence-electron chi connectivity index (χ4n) is 3.07. The highest BCUT2D eigenvalue weighted by molar-refractivity contribution is 6.04. The Morgan fingerprint density at radius 3 is 2.07 bits per heavy atom. The van der Waals surface area contributed by atoms with Gasteiger partial charge in [0.15, 0.2) is 0 Å². The molecule has 0 fully saturated rings. The van der Waals surface area contributed by atoms with Gasteiger partial charge in [-0.25, -0.2) is 0 Å². The molecule has 1 unspecified atom stereocenters. The van der Waals surface area contributed by atoms with Gasteiger partial charge in [-0.3, -0.25) is 4.79 Å². The number of carbonyl (C=O) groups is 1. The first-order valence-corrected chi connectivity index (χ1v) is 10.3. The van der Waals surface area contributed by atoms with Gasteiger partial charge in [0.1, 0.15) is 12.4 Å². The van der Waals surface area contributed by atoms with E-state index in [1.165, 1.54) is 11.1 Å². The molecule has 0 spiro atoms. The molecule has 0 bridgehead atoms. The maximum Gasteiger partial charge on any atom is 0.255 e. The summed E-state index contributed by atoms with van der Waals surface area (Å²) in [7, 11) is 0. The number of benzene rings is 3. The lowest BCUT2D eigenvalue weighted by Gasteiger charge is -2.11. The van der Waals surface area contributed by atoms with E-state index in [9.17, 15) is 4.79 Å². The zero-order chi connectivity index (χ0) is 20.6. The zero-order valence-corrected chi connectivity index (χ0v) is 17.4. The Kier molecular flexibility index (Phi) is 7.07. The van der Waals surface area contributed by atoms with E-state index in [0.717, 1.165) is 29.8 Å². The highest BCUT2D eigenvalue weighted by Gasteiger charge is 2.08. The highest BCUT2D eigenvalue weighted by atomic mass is 16.5. The summed E-state index contributed by atoms with van der Waals surface area (Å²) >= 11 is 0. The first-order chi connectivity index (χ1) is 14.1. The largest absolute Gasteiger partial charge is 0.489 e. The number of carbonyl (C=O) groups excluding carboxylic acids is 1. The van der Waals surface area contributed by atoms with Crippen LogP contribution in [0.2, 0.25) is 0 Å². The Morgan fingerprint density at radius 1 is 0.862 bits per heavy atom. The standard InChI is InChI=1S/C26H29NO2/c1-4-19(3)22-12-14-24(15-13-22)27-26(28)23-10-6-21(7-11-23)18-29-25-16-8-20(5-2)9-17-25/h6-17,19H,4-5,18H2,1-3H3,(H,27,28). The van der Waals surface area contributed by atoms with Gasteiger partial charge in [-0.1, -0.05) is 57.2 Å². The molecule has 0 aliphatic carbocycles. The van der Waals surface area contributed by atoms with E-state index in [-0.39, 0.29) is 5.91 Å². The van der Waals surface area contributed by atoms with Crippen molar-refractivity contribution in [2.75, 3.05) is 5.32 Å². The van der Waals surface area contributed by atoms with Crippen molar-refractivity contribution in [2.24, 2.45) is 0 Å². The van der Waals surface area contributed by atoms with Crippen LogP contribution in [0.5, 0.6) is 5.75 Å². The average Bonchev–Trinajstić information content (AvgIpc) is 2.78. The SMILES string of the molecule is CCc1ccc(OCc2ccc(C(=O)Nc3ccc(C(C)CC)cc3)cc2)cc1. The predicted molar refractivity (Wildman–Crippen MR) is 120 cm³/mol. The summed E-state index contributed by atoms with van der Waals surface area (Å²) in [5, 5.41) is 2.96. The lowest BCUT2D eigenvalue weighted by molar-refractivity contribution is 0.102. The molecule has 3 aromatic carbocycles. The second-order valence-electron chi connectivity index (χ2n) is 7.37. The van der Waals surface area contributed by atoms with Crippen LogP contribution in [0.3, 0.4) is 0 Å². The lowest BCUT2D eigenvalue weighted by atomic mass is 9.98. The van der Waals surface area contributed by atoms with E-state index in [0.29, 0.717) is 18.1 Å². The third kappa shape index (κ3) is 5.71. The Morgan fingerprint density at radius 2 is 1.48 bits per heavy atom. The Balaban J connectivity index is 1.55. The number of nitrogens with one attached hydrogen (secondary N) is 1. The molecule has 0 saturated carbocycles. The third-order valence-corrected chi connectivity index (χ3v) is 5.30. The van der Waals surface area contributed by atoms with Crippen LogP contribution >= 0.6 is 0 Å². The summed E-state index contributed by atoms with van der Waals surface area (Å²) in [6.07, 6.45) is 2.12. The molecule has 3 rings (SSSR count). The predicted octanol–water partition coefficient (Wildman–Crippen LogP) is 6.59. The minimum Gasteiger partial charge on any atom is -0.489 e. The molecule has 0 aliphatic rings. The van der Waals surface area contributed by atoms with Crippen LogP contribution in [0.15, 0.2) is 72.8 Å². The average molecular weight is 388 g/mol. The molecule has 29 heavy (non-hydrogen) atoms. The van der Waals surface area contributed by atoms with Gasteiger partial charge in [-0.15, -0.1) is 0 Å². The molecule has 3 nitrogen and oxygen atoms in total. The monoisotopic (exact) mass is 387 g/mol. The summed E-state index contributed by atoms with van der Waals surface area (Å²) in [6, 6.07) is 23.8. The molecular weight excluding hydrogens is 358 g/mol. The van der Waals surface area contributed by atoms with Crippen LogP contribution in [0.4, 0.5) is 5.69 Å². The first kappa shape index (κ1) is 20.7. The van der Waals surface area contributed by atoms with Gasteiger partial charge in [-0.05, 0) is 71.8 Å². The van der Waals surface area contributed by atoms with Crippen LogP contribution in [0, 0.1) is 0 Å². The number of rotatable bonds is 8. The van der Waals surface area contributed by atoms with Gasteiger partial charge < -0.3 is 10.1 Å². The summed E-state index contributed by atoms with van der Waals surface area (Å²) in [5.41, 5.74) is 5.05. The quantitative estimate of drug-likeness (QED) is 0.473. The van der Waals surface area contributed by atoms with Crippen molar-refractivity contribution < 1.29 is 9.53 Å². The van der Waals surface area contributed by atoms with Gasteiger partial charge in [0.05, 0.1) is 0 Å². The van der Waals surface area contributed by atoms with Crippen molar-refractivity contribution in [1.82, 2.24) is 0 Å². The number of hydrogen-bond donors (Lipinski definition) is 1. The number of aryl methyl sites for hydroxylation is 1. The van der Waals surface area contributed by atoms with E-state index in [2.05, 4.69) is 50.4 Å². The van der Waals surface area contributed by atoms with E-state index < -0.39 is 0 Å². The van der Waals surface area contributed by atoms with Gasteiger partial charge in [0.25, 0.3) is 5.91 Å². The molecule has 3 heteroatoms. The molecule has 1 N–H and O–H groups in total. The maximum atomic E-state index is 12.5. The van der Waals surface area contributed by atoms with Crippen LogP contribution in [-0.4, -0.2) is 5.91 Å². The third-order valence-electron chi connectivity index (χ3n) is 5.30. The normalized spacial score (nSPS) is 11.7. The maximum absolute atomic E-state index is 12.5. The van der Waals surface area contributed by atoms with E-state index in [1.807, 2.05) is 48.5 Å². The molecule has 0 saturated heterocycles. The Labute approximate surface area is 173 Å². The zero-order valence-electron chi connectivity index (χ0n) is 17.4. The van der Waals surface area contributed by atoms with Crippen molar-refractivity contribution in [1.29, 1.82) is 0 Å². The summed E-state index contributed by atoms with van der Waals surface area (Å²) in [6.45, 7) is 7.00.